The van der Waals surface area contributed by atoms with Crippen molar-refractivity contribution in [2.24, 2.45) is 0 Å². The number of carbonyl (C=O) groups excluding carboxylic acids is 1. The third-order valence-corrected chi connectivity index (χ3v) is 4.55. The standard InChI is InChI=1S/C16H19N5O2S/c1-12-5-6-13(24-12)10-20(8-9-23-2)16(22)18-14-4-3-7-21-11-17-19-15(14)21/h3-7,11H,8-10H2,1-2H3,(H,18,22). The molecule has 0 bridgehead atoms. The van der Waals surface area contributed by atoms with Gasteiger partial charge in [-0.15, -0.1) is 21.5 Å². The highest BCUT2D eigenvalue weighted by atomic mass is 32.1. The summed E-state index contributed by atoms with van der Waals surface area (Å²) < 4.78 is 6.89. The molecule has 0 aliphatic heterocycles. The molecule has 0 aliphatic rings. The molecule has 3 aromatic heterocycles. The van der Waals surface area contributed by atoms with Crippen LogP contribution in [0.25, 0.3) is 5.65 Å². The van der Waals surface area contributed by atoms with Gasteiger partial charge in [-0.05, 0) is 31.2 Å². The third-order valence-electron chi connectivity index (χ3n) is 3.56. The summed E-state index contributed by atoms with van der Waals surface area (Å²) in [5.74, 6) is 0. The molecule has 8 heteroatoms. The zero-order valence-corrected chi connectivity index (χ0v) is 14.4. The van der Waals surface area contributed by atoms with E-state index in [0.717, 1.165) is 4.88 Å². The number of fused-ring (bicyclic) bond motifs is 1. The first-order valence-electron chi connectivity index (χ1n) is 7.56. The first-order valence-corrected chi connectivity index (χ1v) is 8.37. The van der Waals surface area contributed by atoms with Gasteiger partial charge in [0.1, 0.15) is 6.33 Å². The van der Waals surface area contributed by atoms with E-state index in [0.29, 0.717) is 31.0 Å². The maximum Gasteiger partial charge on any atom is 0.322 e. The second kappa shape index (κ2) is 7.41. The van der Waals surface area contributed by atoms with E-state index in [1.165, 1.54) is 4.88 Å². The van der Waals surface area contributed by atoms with Gasteiger partial charge in [-0.2, -0.15) is 0 Å². The molecular weight excluding hydrogens is 326 g/mol. The number of amides is 2. The van der Waals surface area contributed by atoms with Gasteiger partial charge in [-0.1, -0.05) is 0 Å². The Morgan fingerprint density at radius 1 is 1.42 bits per heavy atom. The molecular formula is C16H19N5O2S. The second-order valence-corrected chi connectivity index (χ2v) is 6.71. The summed E-state index contributed by atoms with van der Waals surface area (Å²) >= 11 is 1.69. The summed E-state index contributed by atoms with van der Waals surface area (Å²) in [5, 5.41) is 10.8. The molecule has 0 aliphatic carbocycles. The number of hydrogen-bond donors (Lipinski definition) is 1. The minimum atomic E-state index is -0.186. The maximum atomic E-state index is 12.7. The molecule has 2 amide bonds. The minimum Gasteiger partial charge on any atom is -0.383 e. The number of ether oxygens (including phenoxy) is 1. The van der Waals surface area contributed by atoms with Gasteiger partial charge in [0.05, 0.1) is 18.8 Å². The SMILES string of the molecule is COCCN(Cc1ccc(C)s1)C(=O)Nc1cccn2cnnc12. The van der Waals surface area contributed by atoms with Crippen LogP contribution >= 0.6 is 11.3 Å². The van der Waals surface area contributed by atoms with Crippen LogP contribution in [0.15, 0.2) is 36.8 Å². The van der Waals surface area contributed by atoms with Gasteiger partial charge in [-0.25, -0.2) is 4.79 Å². The van der Waals surface area contributed by atoms with Crippen LogP contribution in [0.2, 0.25) is 0 Å². The number of hydrogen-bond acceptors (Lipinski definition) is 5. The van der Waals surface area contributed by atoms with E-state index in [-0.39, 0.29) is 6.03 Å². The minimum absolute atomic E-state index is 0.186. The molecule has 0 saturated heterocycles. The van der Waals surface area contributed by atoms with Crippen LogP contribution in [0.1, 0.15) is 9.75 Å². The van der Waals surface area contributed by atoms with Crippen LogP contribution in [0.5, 0.6) is 0 Å². The van der Waals surface area contributed by atoms with E-state index in [1.807, 2.05) is 24.4 Å². The van der Waals surface area contributed by atoms with Crippen molar-refractivity contribution in [3.63, 3.8) is 0 Å². The Bertz CT molecular complexity index is 829. The number of nitrogens with zero attached hydrogens (tertiary/aromatic N) is 4. The zero-order valence-electron chi connectivity index (χ0n) is 13.6. The molecule has 1 N–H and O–H groups in total. The molecule has 0 spiro atoms. The Hall–Kier alpha value is -2.45. The van der Waals surface area contributed by atoms with Gasteiger partial charge >= 0.3 is 6.03 Å². The lowest BCUT2D eigenvalue weighted by Crippen LogP contribution is -2.36. The van der Waals surface area contributed by atoms with Crippen LogP contribution in [-0.4, -0.2) is 45.8 Å². The van der Waals surface area contributed by atoms with Crippen LogP contribution in [0.4, 0.5) is 10.5 Å². The zero-order chi connectivity index (χ0) is 16.9. The molecule has 0 aromatic carbocycles. The number of anilines is 1. The van der Waals surface area contributed by atoms with E-state index in [9.17, 15) is 4.79 Å². The van der Waals surface area contributed by atoms with Crippen molar-refractivity contribution in [1.82, 2.24) is 19.5 Å². The summed E-state index contributed by atoms with van der Waals surface area (Å²) in [6.45, 7) is 3.59. The average molecular weight is 345 g/mol. The lowest BCUT2D eigenvalue weighted by Gasteiger charge is -2.22. The van der Waals surface area contributed by atoms with E-state index in [4.69, 9.17) is 4.74 Å². The number of nitrogens with one attached hydrogen (secondary N) is 1. The fourth-order valence-electron chi connectivity index (χ4n) is 2.35. The van der Waals surface area contributed by atoms with Crippen molar-refractivity contribution in [3.05, 3.63) is 46.5 Å². The molecule has 0 unspecified atom stereocenters. The van der Waals surface area contributed by atoms with E-state index in [2.05, 4.69) is 28.5 Å². The van der Waals surface area contributed by atoms with E-state index >= 15 is 0 Å². The number of pyridine rings is 1. The highest BCUT2D eigenvalue weighted by molar-refractivity contribution is 7.11. The van der Waals surface area contributed by atoms with E-state index in [1.54, 1.807) is 34.1 Å². The van der Waals surface area contributed by atoms with Crippen LogP contribution < -0.4 is 5.32 Å². The molecule has 0 atom stereocenters. The smallest absolute Gasteiger partial charge is 0.322 e. The summed E-state index contributed by atoms with van der Waals surface area (Å²) in [4.78, 5) is 16.8. The van der Waals surface area contributed by atoms with Crippen molar-refractivity contribution in [2.45, 2.75) is 13.5 Å². The normalized spacial score (nSPS) is 10.9. The van der Waals surface area contributed by atoms with Crippen molar-refractivity contribution >= 4 is 28.7 Å². The lowest BCUT2D eigenvalue weighted by atomic mass is 10.3. The molecule has 3 heterocycles. The van der Waals surface area contributed by atoms with Crippen LogP contribution in [0, 0.1) is 6.92 Å². The molecule has 3 rings (SSSR count). The number of rotatable bonds is 6. The Balaban J connectivity index is 1.76. The van der Waals surface area contributed by atoms with Crippen LogP contribution in [0.3, 0.4) is 0 Å². The first kappa shape index (κ1) is 16.4. The van der Waals surface area contributed by atoms with E-state index < -0.39 is 0 Å². The molecule has 0 saturated carbocycles. The lowest BCUT2D eigenvalue weighted by molar-refractivity contribution is 0.153. The molecule has 3 aromatic rings. The van der Waals surface area contributed by atoms with Gasteiger partial charge in [0.25, 0.3) is 0 Å². The highest BCUT2D eigenvalue weighted by Crippen LogP contribution is 2.19. The number of aryl methyl sites for hydroxylation is 1. The fraction of sp³-hybridized carbons (Fsp3) is 0.312. The quantitative estimate of drug-likeness (QED) is 0.746. The van der Waals surface area contributed by atoms with Crippen molar-refractivity contribution in [3.8, 4) is 0 Å². The first-order chi connectivity index (χ1) is 11.7. The summed E-state index contributed by atoms with van der Waals surface area (Å²) in [6.07, 6.45) is 3.43. The van der Waals surface area contributed by atoms with Gasteiger partial charge < -0.3 is 15.0 Å². The maximum absolute atomic E-state index is 12.7. The van der Waals surface area contributed by atoms with Gasteiger partial charge in [0.15, 0.2) is 5.65 Å². The van der Waals surface area contributed by atoms with Crippen molar-refractivity contribution in [1.29, 1.82) is 0 Å². The monoisotopic (exact) mass is 345 g/mol. The average Bonchev–Trinajstić information content (AvgIpc) is 3.20. The number of methoxy groups -OCH3 is 1. The Morgan fingerprint density at radius 2 is 2.29 bits per heavy atom. The topological polar surface area (TPSA) is 71.8 Å². The number of aromatic nitrogens is 3. The van der Waals surface area contributed by atoms with Gasteiger partial charge in [0, 0.05) is 29.6 Å². The second-order valence-electron chi connectivity index (χ2n) is 5.34. The Morgan fingerprint density at radius 3 is 3.04 bits per heavy atom. The Kier molecular flexibility index (Phi) is 5.07. The fourth-order valence-corrected chi connectivity index (χ4v) is 3.26. The van der Waals surface area contributed by atoms with Gasteiger partial charge in [-0.3, -0.25) is 4.40 Å². The van der Waals surface area contributed by atoms with Crippen molar-refractivity contribution in [2.75, 3.05) is 25.6 Å². The van der Waals surface area contributed by atoms with Crippen molar-refractivity contribution < 1.29 is 9.53 Å². The largest absolute Gasteiger partial charge is 0.383 e. The Labute approximate surface area is 143 Å². The summed E-state index contributed by atoms with van der Waals surface area (Å²) in [5.41, 5.74) is 1.24. The highest BCUT2D eigenvalue weighted by Gasteiger charge is 2.16. The summed E-state index contributed by atoms with van der Waals surface area (Å²) in [7, 11) is 1.63. The molecule has 126 valence electrons. The molecule has 24 heavy (non-hydrogen) atoms. The van der Waals surface area contributed by atoms with Gasteiger partial charge in [0.2, 0.25) is 0 Å². The number of thiophene rings is 1. The number of urea groups is 1. The number of carbonyl (C=O) groups is 1. The predicted molar refractivity (Wildman–Crippen MR) is 93.3 cm³/mol. The molecule has 0 fully saturated rings. The summed E-state index contributed by atoms with van der Waals surface area (Å²) in [6, 6.07) is 7.57. The van der Waals surface area contributed by atoms with Crippen LogP contribution in [-0.2, 0) is 11.3 Å². The third kappa shape index (κ3) is 3.72. The molecule has 7 nitrogen and oxygen atoms in total. The molecule has 0 radical (unpaired) electrons. The predicted octanol–water partition coefficient (Wildman–Crippen LogP) is 2.78.